The van der Waals surface area contributed by atoms with E-state index in [1.165, 1.54) is 0 Å². The predicted octanol–water partition coefficient (Wildman–Crippen LogP) is 3.24. The lowest BCUT2D eigenvalue weighted by Gasteiger charge is -2.18. The van der Waals surface area contributed by atoms with Crippen molar-refractivity contribution in [3.8, 4) is 0 Å². The molecule has 0 aliphatic carbocycles. The second-order valence-electron chi connectivity index (χ2n) is 6.39. The number of rotatable bonds is 6. The van der Waals surface area contributed by atoms with Gasteiger partial charge in [-0.3, -0.25) is 14.3 Å². The number of thiophene rings is 1. The quantitative estimate of drug-likeness (QED) is 0.605. The van der Waals surface area contributed by atoms with Crippen LogP contribution in [0.3, 0.4) is 0 Å². The highest BCUT2D eigenvalue weighted by molar-refractivity contribution is 7.10. The normalized spacial score (nSPS) is 11.8. The fourth-order valence-corrected chi connectivity index (χ4v) is 3.93. The Bertz CT molecular complexity index is 969. The number of benzene rings is 1. The SMILES string of the molecule is Cc1cc(C)n(C(CNC(=O)C(=O)NCc2ccccc2Cl)c2cccs2)n1. The zero-order chi connectivity index (χ0) is 20.1. The zero-order valence-corrected chi connectivity index (χ0v) is 17.2. The lowest BCUT2D eigenvalue weighted by Crippen LogP contribution is -2.42. The van der Waals surface area contributed by atoms with Gasteiger partial charge in [0.15, 0.2) is 0 Å². The number of aromatic nitrogens is 2. The molecule has 2 aromatic heterocycles. The molecule has 0 bridgehead atoms. The number of hydrogen-bond donors (Lipinski definition) is 2. The molecule has 0 spiro atoms. The molecule has 0 aliphatic heterocycles. The number of halogens is 1. The molecule has 28 heavy (non-hydrogen) atoms. The predicted molar refractivity (Wildman–Crippen MR) is 110 cm³/mol. The maximum atomic E-state index is 12.3. The second kappa shape index (κ2) is 9.03. The molecule has 0 saturated heterocycles. The van der Waals surface area contributed by atoms with Crippen molar-refractivity contribution >= 4 is 34.8 Å². The van der Waals surface area contributed by atoms with E-state index in [-0.39, 0.29) is 19.1 Å². The summed E-state index contributed by atoms with van der Waals surface area (Å²) in [5, 5.41) is 12.4. The zero-order valence-electron chi connectivity index (χ0n) is 15.6. The molecule has 8 heteroatoms. The van der Waals surface area contributed by atoms with Crippen molar-refractivity contribution in [1.29, 1.82) is 0 Å². The van der Waals surface area contributed by atoms with Crippen molar-refractivity contribution in [1.82, 2.24) is 20.4 Å². The maximum absolute atomic E-state index is 12.3. The molecule has 0 fully saturated rings. The summed E-state index contributed by atoms with van der Waals surface area (Å²) in [4.78, 5) is 25.5. The Hall–Kier alpha value is -2.64. The average molecular weight is 417 g/mol. The molecule has 146 valence electrons. The lowest BCUT2D eigenvalue weighted by molar-refractivity contribution is -0.139. The number of nitrogens with zero attached hydrogens (tertiary/aromatic N) is 2. The Kier molecular flexibility index (Phi) is 6.49. The summed E-state index contributed by atoms with van der Waals surface area (Å²) in [6.45, 7) is 4.35. The average Bonchev–Trinajstić information content (AvgIpc) is 3.31. The van der Waals surface area contributed by atoms with Gasteiger partial charge in [-0.2, -0.15) is 5.10 Å². The Morgan fingerprint density at radius 3 is 2.54 bits per heavy atom. The lowest BCUT2D eigenvalue weighted by atomic mass is 10.2. The molecule has 2 N–H and O–H groups in total. The molecule has 2 amide bonds. The summed E-state index contributed by atoms with van der Waals surface area (Å²) in [5.41, 5.74) is 2.65. The molecule has 2 heterocycles. The Morgan fingerprint density at radius 1 is 1.14 bits per heavy atom. The van der Waals surface area contributed by atoms with Crippen LogP contribution in [0.1, 0.15) is 27.9 Å². The van der Waals surface area contributed by atoms with Crippen LogP contribution in [0.2, 0.25) is 5.02 Å². The van der Waals surface area contributed by atoms with Crippen LogP contribution >= 0.6 is 22.9 Å². The van der Waals surface area contributed by atoms with E-state index in [2.05, 4.69) is 15.7 Å². The molecule has 3 rings (SSSR count). The van der Waals surface area contributed by atoms with Gasteiger partial charge in [0.05, 0.1) is 5.69 Å². The first-order valence-corrected chi connectivity index (χ1v) is 10.1. The third-order valence-electron chi connectivity index (χ3n) is 4.27. The van der Waals surface area contributed by atoms with Crippen molar-refractivity contribution in [3.05, 3.63) is 74.7 Å². The molecule has 0 aliphatic rings. The van der Waals surface area contributed by atoms with Crippen molar-refractivity contribution in [2.45, 2.75) is 26.4 Å². The Balaban J connectivity index is 1.63. The van der Waals surface area contributed by atoms with Crippen LogP contribution < -0.4 is 10.6 Å². The van der Waals surface area contributed by atoms with Crippen molar-refractivity contribution in [2.24, 2.45) is 0 Å². The summed E-state index contributed by atoms with van der Waals surface area (Å²) >= 11 is 7.66. The van der Waals surface area contributed by atoms with Gasteiger partial charge in [0, 0.05) is 28.7 Å². The van der Waals surface area contributed by atoms with Gasteiger partial charge in [0.2, 0.25) is 0 Å². The summed E-state index contributed by atoms with van der Waals surface area (Å²) < 4.78 is 1.88. The molecule has 0 radical (unpaired) electrons. The van der Waals surface area contributed by atoms with Gasteiger partial charge in [0.25, 0.3) is 0 Å². The summed E-state index contributed by atoms with van der Waals surface area (Å²) in [6.07, 6.45) is 0. The number of hydrogen-bond acceptors (Lipinski definition) is 4. The van der Waals surface area contributed by atoms with Gasteiger partial charge >= 0.3 is 11.8 Å². The number of carbonyl (C=O) groups excluding carboxylic acids is 2. The van der Waals surface area contributed by atoms with Crippen molar-refractivity contribution < 1.29 is 9.59 Å². The first-order valence-electron chi connectivity index (χ1n) is 8.81. The van der Waals surface area contributed by atoms with E-state index in [0.717, 1.165) is 21.8 Å². The minimum absolute atomic E-state index is 0.172. The number of nitrogens with one attached hydrogen (secondary N) is 2. The molecular formula is C20H21ClN4O2S. The Labute approximate surface area is 172 Å². The molecule has 1 aromatic carbocycles. The van der Waals surface area contributed by atoms with Gasteiger partial charge in [-0.15, -0.1) is 11.3 Å². The summed E-state index contributed by atoms with van der Waals surface area (Å²) in [5.74, 6) is -1.38. The first-order chi connectivity index (χ1) is 13.5. The van der Waals surface area contributed by atoms with Gasteiger partial charge in [-0.05, 0) is 43.0 Å². The van der Waals surface area contributed by atoms with Gasteiger partial charge in [-0.25, -0.2) is 0 Å². The van der Waals surface area contributed by atoms with Crippen LogP contribution in [0.15, 0.2) is 47.8 Å². The second-order valence-corrected chi connectivity index (χ2v) is 7.77. The number of carbonyl (C=O) groups is 2. The fraction of sp³-hybridized carbons (Fsp3) is 0.250. The van der Waals surface area contributed by atoms with Crippen LogP contribution in [0.5, 0.6) is 0 Å². The monoisotopic (exact) mass is 416 g/mol. The van der Waals surface area contributed by atoms with Gasteiger partial charge in [-0.1, -0.05) is 35.9 Å². The molecular weight excluding hydrogens is 396 g/mol. The van der Waals surface area contributed by atoms with E-state index < -0.39 is 11.8 Å². The largest absolute Gasteiger partial charge is 0.345 e. The standard InChI is InChI=1S/C20H21ClN4O2S/c1-13-10-14(2)25(24-13)17(18-8-5-9-28-18)12-23-20(27)19(26)22-11-15-6-3-4-7-16(15)21/h3-10,17H,11-12H2,1-2H3,(H,22,26)(H,23,27). The third-order valence-corrected chi connectivity index (χ3v) is 5.61. The molecule has 3 aromatic rings. The number of amides is 2. The van der Waals surface area contributed by atoms with E-state index in [0.29, 0.717) is 5.02 Å². The summed E-state index contributed by atoms with van der Waals surface area (Å²) in [6, 6.07) is 12.9. The minimum atomic E-state index is -0.696. The van der Waals surface area contributed by atoms with E-state index >= 15 is 0 Å². The first kappa shape index (κ1) is 20.1. The molecule has 0 saturated carbocycles. The van der Waals surface area contributed by atoms with Crippen molar-refractivity contribution in [3.63, 3.8) is 0 Å². The van der Waals surface area contributed by atoms with Crippen LogP contribution in [0.25, 0.3) is 0 Å². The Morgan fingerprint density at radius 2 is 1.89 bits per heavy atom. The van der Waals surface area contributed by atoms with E-state index in [9.17, 15) is 9.59 Å². The summed E-state index contributed by atoms with van der Waals surface area (Å²) in [7, 11) is 0. The fourth-order valence-electron chi connectivity index (χ4n) is 2.92. The molecule has 1 unspecified atom stereocenters. The molecule has 6 nitrogen and oxygen atoms in total. The van der Waals surface area contributed by atoms with Crippen molar-refractivity contribution in [2.75, 3.05) is 6.54 Å². The highest BCUT2D eigenvalue weighted by Crippen LogP contribution is 2.24. The van der Waals surface area contributed by atoms with Crippen LogP contribution in [0, 0.1) is 13.8 Å². The smallest absolute Gasteiger partial charge is 0.309 e. The number of aryl methyl sites for hydroxylation is 2. The van der Waals surface area contributed by atoms with E-state index in [4.69, 9.17) is 11.6 Å². The highest BCUT2D eigenvalue weighted by Gasteiger charge is 2.21. The minimum Gasteiger partial charge on any atom is -0.345 e. The van der Waals surface area contributed by atoms with Crippen LogP contribution in [-0.2, 0) is 16.1 Å². The molecule has 1 atom stereocenters. The maximum Gasteiger partial charge on any atom is 0.309 e. The van der Waals surface area contributed by atoms with Crippen LogP contribution in [0.4, 0.5) is 0 Å². The highest BCUT2D eigenvalue weighted by atomic mass is 35.5. The van der Waals surface area contributed by atoms with Crippen LogP contribution in [-0.4, -0.2) is 28.1 Å². The van der Waals surface area contributed by atoms with Gasteiger partial charge in [0.1, 0.15) is 6.04 Å². The van der Waals surface area contributed by atoms with Gasteiger partial charge < -0.3 is 10.6 Å². The van der Waals surface area contributed by atoms with E-state index in [1.807, 2.05) is 54.2 Å². The topological polar surface area (TPSA) is 76.0 Å². The third kappa shape index (κ3) is 4.79. The van der Waals surface area contributed by atoms with E-state index in [1.54, 1.807) is 23.5 Å².